The van der Waals surface area contributed by atoms with Crippen LogP contribution in [0.5, 0.6) is 0 Å². The summed E-state index contributed by atoms with van der Waals surface area (Å²) in [5.74, 6) is -0.0506. The Bertz CT molecular complexity index is 379. The molecule has 0 aliphatic carbocycles. The van der Waals surface area contributed by atoms with E-state index in [0.29, 0.717) is 4.90 Å². The van der Waals surface area contributed by atoms with Gasteiger partial charge in [0.1, 0.15) is 0 Å². The summed E-state index contributed by atoms with van der Waals surface area (Å²) in [6.45, 7) is 0. The lowest BCUT2D eigenvalue weighted by molar-refractivity contribution is -0.140. The Labute approximate surface area is 99.4 Å². The Morgan fingerprint density at radius 2 is 2.13 bits per heavy atom. The van der Waals surface area contributed by atoms with E-state index in [1.165, 1.54) is 7.11 Å². The fourth-order valence-corrected chi connectivity index (χ4v) is 2.93. The van der Waals surface area contributed by atoms with Crippen molar-refractivity contribution in [2.24, 2.45) is 0 Å². The molecule has 1 aromatic carbocycles. The fraction of sp³-hybridized carbons (Fsp3) is 0.300. The molecule has 0 fully saturated rings. The minimum atomic E-state index is -1.16. The zero-order valence-corrected chi connectivity index (χ0v) is 10.6. The normalized spacial score (nSPS) is 12.1. The van der Waals surface area contributed by atoms with Crippen molar-refractivity contribution in [2.75, 3.05) is 12.9 Å². The van der Waals surface area contributed by atoms with E-state index < -0.39 is 10.8 Å². The summed E-state index contributed by atoms with van der Waals surface area (Å²) in [5, 5.41) is 0. The molecular formula is C10H11BrO3S. The van der Waals surface area contributed by atoms with Crippen molar-refractivity contribution in [2.45, 2.75) is 11.3 Å². The molecule has 1 rings (SSSR count). The van der Waals surface area contributed by atoms with E-state index in [1.54, 1.807) is 6.07 Å². The van der Waals surface area contributed by atoms with Gasteiger partial charge in [0.2, 0.25) is 0 Å². The first-order chi connectivity index (χ1) is 7.15. The minimum absolute atomic E-state index is 0.171. The third-order valence-corrected chi connectivity index (χ3v) is 4.18. The number of benzene rings is 1. The molecule has 1 aromatic rings. The molecule has 0 saturated heterocycles. The van der Waals surface area contributed by atoms with Gasteiger partial charge in [0, 0.05) is 10.2 Å². The van der Waals surface area contributed by atoms with E-state index in [0.717, 1.165) is 4.47 Å². The lowest BCUT2D eigenvalue weighted by Crippen LogP contribution is -2.07. The van der Waals surface area contributed by atoms with E-state index in [9.17, 15) is 9.00 Å². The molecule has 0 bridgehead atoms. The van der Waals surface area contributed by atoms with Gasteiger partial charge in [-0.25, -0.2) is 0 Å². The van der Waals surface area contributed by atoms with Crippen LogP contribution in [0, 0.1) is 0 Å². The highest BCUT2D eigenvalue weighted by Gasteiger charge is 2.09. The smallest absolute Gasteiger partial charge is 0.306 e. The first kappa shape index (κ1) is 12.4. The second-order valence-corrected chi connectivity index (χ2v) is 5.20. The average Bonchev–Trinajstić information content (AvgIpc) is 2.26. The zero-order valence-electron chi connectivity index (χ0n) is 8.23. The molecule has 0 aliphatic heterocycles. The highest BCUT2D eigenvalue weighted by molar-refractivity contribution is 9.10. The Morgan fingerprint density at radius 1 is 1.47 bits per heavy atom. The van der Waals surface area contributed by atoms with E-state index in [2.05, 4.69) is 20.7 Å². The van der Waals surface area contributed by atoms with Gasteiger partial charge in [-0.15, -0.1) is 0 Å². The van der Waals surface area contributed by atoms with Gasteiger partial charge in [-0.05, 0) is 28.1 Å². The average molecular weight is 291 g/mol. The second kappa shape index (κ2) is 6.02. The van der Waals surface area contributed by atoms with Crippen LogP contribution in [0.4, 0.5) is 0 Å². The Morgan fingerprint density at radius 3 is 2.73 bits per heavy atom. The minimum Gasteiger partial charge on any atom is -0.469 e. The van der Waals surface area contributed by atoms with Crippen LogP contribution in [0.2, 0.25) is 0 Å². The molecule has 3 nitrogen and oxygen atoms in total. The first-order valence-corrected chi connectivity index (χ1v) is 6.46. The number of methoxy groups -OCH3 is 1. The summed E-state index contributed by atoms with van der Waals surface area (Å²) >= 11 is 3.31. The summed E-state index contributed by atoms with van der Waals surface area (Å²) in [5.41, 5.74) is 0. The third kappa shape index (κ3) is 3.76. The van der Waals surface area contributed by atoms with Crippen LogP contribution < -0.4 is 0 Å². The van der Waals surface area contributed by atoms with Crippen LogP contribution in [-0.2, 0) is 20.3 Å². The van der Waals surface area contributed by atoms with Gasteiger partial charge in [-0.1, -0.05) is 12.1 Å². The maximum absolute atomic E-state index is 11.8. The Balaban J connectivity index is 2.62. The van der Waals surface area contributed by atoms with Gasteiger partial charge < -0.3 is 4.74 Å². The lowest BCUT2D eigenvalue weighted by Gasteiger charge is -2.03. The van der Waals surface area contributed by atoms with Crippen molar-refractivity contribution in [3.63, 3.8) is 0 Å². The molecule has 0 aliphatic rings. The topological polar surface area (TPSA) is 43.4 Å². The van der Waals surface area contributed by atoms with Gasteiger partial charge >= 0.3 is 5.97 Å². The molecule has 1 unspecified atom stereocenters. The number of rotatable bonds is 4. The molecule has 0 amide bonds. The monoisotopic (exact) mass is 290 g/mol. The van der Waals surface area contributed by atoms with Crippen molar-refractivity contribution in [3.05, 3.63) is 28.7 Å². The van der Waals surface area contributed by atoms with Crippen LogP contribution in [0.25, 0.3) is 0 Å². The number of hydrogen-bond donors (Lipinski definition) is 0. The predicted octanol–water partition coefficient (Wildman–Crippen LogP) is 2.12. The van der Waals surface area contributed by atoms with Crippen molar-refractivity contribution in [3.8, 4) is 0 Å². The van der Waals surface area contributed by atoms with Crippen LogP contribution >= 0.6 is 15.9 Å². The lowest BCUT2D eigenvalue weighted by atomic mass is 10.4. The van der Waals surface area contributed by atoms with Gasteiger partial charge in [0.15, 0.2) is 0 Å². The fourth-order valence-electron chi connectivity index (χ4n) is 1.02. The van der Waals surface area contributed by atoms with Gasteiger partial charge in [0.25, 0.3) is 0 Å². The zero-order chi connectivity index (χ0) is 11.3. The van der Waals surface area contributed by atoms with Crippen molar-refractivity contribution >= 4 is 32.7 Å². The van der Waals surface area contributed by atoms with Gasteiger partial charge in [-0.2, -0.15) is 0 Å². The Hall–Kier alpha value is -0.680. The molecule has 82 valence electrons. The first-order valence-electron chi connectivity index (χ1n) is 4.35. The summed E-state index contributed by atoms with van der Waals surface area (Å²) < 4.78 is 17.0. The van der Waals surface area contributed by atoms with Crippen LogP contribution in [-0.4, -0.2) is 23.0 Å². The molecule has 0 N–H and O–H groups in total. The molecule has 15 heavy (non-hydrogen) atoms. The van der Waals surface area contributed by atoms with Crippen LogP contribution in [0.3, 0.4) is 0 Å². The quantitative estimate of drug-likeness (QED) is 0.798. The molecule has 5 heteroatoms. The summed E-state index contributed by atoms with van der Waals surface area (Å²) in [7, 11) is 0.158. The highest BCUT2D eigenvalue weighted by Crippen LogP contribution is 2.20. The van der Waals surface area contributed by atoms with E-state index in [4.69, 9.17) is 0 Å². The molecule has 0 radical (unpaired) electrons. The number of ether oxygens (including phenoxy) is 1. The summed E-state index contributed by atoms with van der Waals surface area (Å²) in [6.07, 6.45) is 0.171. The summed E-state index contributed by atoms with van der Waals surface area (Å²) in [4.78, 5) is 11.6. The molecule has 0 heterocycles. The maximum Gasteiger partial charge on any atom is 0.306 e. The molecule has 0 spiro atoms. The second-order valence-electron chi connectivity index (χ2n) is 2.81. The largest absolute Gasteiger partial charge is 0.469 e. The highest BCUT2D eigenvalue weighted by atomic mass is 79.9. The third-order valence-electron chi connectivity index (χ3n) is 1.80. The summed E-state index contributed by atoms with van der Waals surface area (Å²) in [6, 6.07) is 7.27. The van der Waals surface area contributed by atoms with Crippen LogP contribution in [0.15, 0.2) is 33.6 Å². The van der Waals surface area contributed by atoms with E-state index >= 15 is 0 Å². The van der Waals surface area contributed by atoms with Crippen molar-refractivity contribution in [1.82, 2.24) is 0 Å². The molecule has 0 saturated carbocycles. The molecular weight excluding hydrogens is 280 g/mol. The number of halogens is 1. The van der Waals surface area contributed by atoms with E-state index in [1.807, 2.05) is 18.2 Å². The van der Waals surface area contributed by atoms with Gasteiger partial charge in [0.05, 0.1) is 29.2 Å². The van der Waals surface area contributed by atoms with Crippen LogP contribution in [0.1, 0.15) is 6.42 Å². The molecule has 0 aromatic heterocycles. The van der Waals surface area contributed by atoms with Crippen molar-refractivity contribution < 1.29 is 13.7 Å². The molecule has 1 atom stereocenters. The predicted molar refractivity (Wildman–Crippen MR) is 62.1 cm³/mol. The number of carbonyl (C=O) groups excluding carboxylic acids is 1. The van der Waals surface area contributed by atoms with Crippen molar-refractivity contribution in [1.29, 1.82) is 0 Å². The number of esters is 1. The Kier molecular flexibility index (Phi) is 4.98. The number of hydrogen-bond acceptors (Lipinski definition) is 3. The van der Waals surface area contributed by atoms with E-state index in [-0.39, 0.29) is 18.1 Å². The maximum atomic E-state index is 11.8. The SMILES string of the molecule is COC(=O)CCS(=O)c1ccccc1Br. The van der Waals surface area contributed by atoms with Gasteiger partial charge in [-0.3, -0.25) is 9.00 Å². The standard InChI is InChI=1S/C10H11BrO3S/c1-14-10(12)6-7-15(13)9-5-3-2-4-8(9)11/h2-5H,6-7H2,1H3. The number of carbonyl (C=O) groups is 1.